The van der Waals surface area contributed by atoms with E-state index in [0.29, 0.717) is 5.75 Å². The van der Waals surface area contributed by atoms with E-state index in [4.69, 9.17) is 13.7 Å². The third kappa shape index (κ3) is 9.24. The summed E-state index contributed by atoms with van der Waals surface area (Å²) in [4.78, 5) is 13.8. The summed E-state index contributed by atoms with van der Waals surface area (Å²) in [6.07, 6.45) is 2.59. The van der Waals surface area contributed by atoms with E-state index in [1.54, 1.807) is 31.3 Å². The Labute approximate surface area is 230 Å². The zero-order valence-electron chi connectivity index (χ0n) is 22.8. The number of rotatable bonds is 10. The van der Waals surface area contributed by atoms with Crippen molar-refractivity contribution < 1.29 is 32.0 Å². The molecule has 0 bridgehead atoms. The number of benzene rings is 3. The SMILES string of the molecule is Cc1ccc(S(=O)(=O)OCC(CO)Oc2ccc(/C=C/c3ccc(N(C)C(=O)OC(C)(C)C)cc3)cc2)cc1. The van der Waals surface area contributed by atoms with Crippen LogP contribution in [0.5, 0.6) is 5.75 Å². The van der Waals surface area contributed by atoms with Crippen molar-refractivity contribution in [3.63, 3.8) is 0 Å². The van der Waals surface area contributed by atoms with Crippen molar-refractivity contribution in [3.8, 4) is 5.75 Å². The van der Waals surface area contributed by atoms with Gasteiger partial charge in [-0.15, -0.1) is 0 Å². The van der Waals surface area contributed by atoms with Gasteiger partial charge in [0.15, 0.2) is 0 Å². The minimum atomic E-state index is -3.96. The minimum Gasteiger partial charge on any atom is -0.486 e. The molecule has 8 nitrogen and oxygen atoms in total. The lowest BCUT2D eigenvalue weighted by molar-refractivity contribution is 0.0589. The molecule has 0 aliphatic carbocycles. The largest absolute Gasteiger partial charge is 0.486 e. The Morgan fingerprint density at radius 3 is 1.97 bits per heavy atom. The fraction of sp³-hybridized carbons (Fsp3) is 0.300. The average molecular weight is 554 g/mol. The Morgan fingerprint density at radius 2 is 1.46 bits per heavy atom. The van der Waals surface area contributed by atoms with Gasteiger partial charge < -0.3 is 14.6 Å². The molecule has 1 unspecified atom stereocenters. The van der Waals surface area contributed by atoms with Gasteiger partial charge in [-0.25, -0.2) is 4.79 Å². The number of carbonyl (C=O) groups excluding carboxylic acids is 1. The molecule has 0 aliphatic rings. The van der Waals surface area contributed by atoms with E-state index in [1.807, 2.05) is 76.2 Å². The van der Waals surface area contributed by atoms with Crippen molar-refractivity contribution in [1.82, 2.24) is 0 Å². The predicted molar refractivity (Wildman–Crippen MR) is 152 cm³/mol. The van der Waals surface area contributed by atoms with E-state index in [-0.39, 0.29) is 11.5 Å². The van der Waals surface area contributed by atoms with Crippen LogP contribution in [-0.2, 0) is 19.0 Å². The monoisotopic (exact) mass is 553 g/mol. The van der Waals surface area contributed by atoms with Gasteiger partial charge in [-0.1, -0.05) is 54.1 Å². The van der Waals surface area contributed by atoms with Crippen LogP contribution in [0.3, 0.4) is 0 Å². The van der Waals surface area contributed by atoms with E-state index < -0.39 is 34.5 Å². The summed E-state index contributed by atoms with van der Waals surface area (Å²) >= 11 is 0. The molecular formula is C30H35NO7S. The molecule has 39 heavy (non-hydrogen) atoms. The number of aryl methyl sites for hydroxylation is 1. The normalized spacial score (nSPS) is 12.8. The molecule has 3 rings (SSSR count). The number of hydrogen-bond acceptors (Lipinski definition) is 7. The summed E-state index contributed by atoms with van der Waals surface area (Å²) < 4.78 is 41.0. The smallest absolute Gasteiger partial charge is 0.414 e. The van der Waals surface area contributed by atoms with Crippen LogP contribution < -0.4 is 9.64 Å². The molecule has 0 radical (unpaired) electrons. The number of amides is 1. The van der Waals surface area contributed by atoms with Gasteiger partial charge in [-0.05, 0) is 75.2 Å². The summed E-state index contributed by atoms with van der Waals surface area (Å²) in [5.41, 5.74) is 2.95. The van der Waals surface area contributed by atoms with Crippen LogP contribution in [0.4, 0.5) is 10.5 Å². The summed E-state index contributed by atoms with van der Waals surface area (Å²) in [5, 5.41) is 9.65. The van der Waals surface area contributed by atoms with Gasteiger partial charge in [-0.2, -0.15) is 8.42 Å². The minimum absolute atomic E-state index is 0.0469. The quantitative estimate of drug-likeness (QED) is 0.254. The summed E-state index contributed by atoms with van der Waals surface area (Å²) in [6, 6.07) is 21.0. The Morgan fingerprint density at radius 1 is 0.923 bits per heavy atom. The summed E-state index contributed by atoms with van der Waals surface area (Å²) in [5.74, 6) is 0.470. The molecule has 0 fully saturated rings. The van der Waals surface area contributed by atoms with Crippen LogP contribution in [0.2, 0.25) is 0 Å². The molecule has 1 atom stereocenters. The molecule has 0 saturated heterocycles. The fourth-order valence-electron chi connectivity index (χ4n) is 3.35. The zero-order valence-corrected chi connectivity index (χ0v) is 23.6. The van der Waals surface area contributed by atoms with Crippen LogP contribution in [-0.4, -0.2) is 51.6 Å². The maximum atomic E-state index is 12.4. The Balaban J connectivity index is 1.55. The highest BCUT2D eigenvalue weighted by molar-refractivity contribution is 7.86. The first kappa shape index (κ1) is 29.9. The molecule has 9 heteroatoms. The fourth-order valence-corrected chi connectivity index (χ4v) is 4.29. The molecule has 208 valence electrons. The van der Waals surface area contributed by atoms with Crippen molar-refractivity contribution in [2.75, 3.05) is 25.2 Å². The molecule has 0 aromatic heterocycles. The number of anilines is 1. The lowest BCUT2D eigenvalue weighted by Crippen LogP contribution is -2.34. The molecule has 0 heterocycles. The molecule has 3 aromatic rings. The van der Waals surface area contributed by atoms with Gasteiger partial charge in [0.05, 0.1) is 11.5 Å². The molecular weight excluding hydrogens is 518 g/mol. The van der Waals surface area contributed by atoms with E-state index in [2.05, 4.69) is 0 Å². The van der Waals surface area contributed by atoms with Gasteiger partial charge in [0.2, 0.25) is 0 Å². The maximum Gasteiger partial charge on any atom is 0.414 e. The predicted octanol–water partition coefficient (Wildman–Crippen LogP) is 5.68. The Bertz CT molecular complexity index is 1360. The molecule has 0 saturated carbocycles. The first-order valence-corrected chi connectivity index (χ1v) is 13.9. The number of hydrogen-bond donors (Lipinski definition) is 1. The second-order valence-corrected chi connectivity index (χ2v) is 11.6. The van der Waals surface area contributed by atoms with E-state index in [9.17, 15) is 18.3 Å². The lowest BCUT2D eigenvalue weighted by Gasteiger charge is -2.24. The van der Waals surface area contributed by atoms with Crippen molar-refractivity contribution in [2.45, 2.75) is 44.3 Å². The van der Waals surface area contributed by atoms with Crippen LogP contribution in [0.15, 0.2) is 77.7 Å². The Hall–Kier alpha value is -3.66. The van der Waals surface area contributed by atoms with Crippen LogP contribution in [0.25, 0.3) is 12.2 Å². The van der Waals surface area contributed by atoms with Crippen LogP contribution in [0.1, 0.15) is 37.5 Å². The molecule has 0 aliphatic heterocycles. The van der Waals surface area contributed by atoms with Crippen LogP contribution in [0, 0.1) is 6.92 Å². The first-order chi connectivity index (χ1) is 18.4. The van der Waals surface area contributed by atoms with Gasteiger partial charge in [0, 0.05) is 12.7 Å². The van der Waals surface area contributed by atoms with Crippen molar-refractivity contribution >= 4 is 34.1 Å². The lowest BCUT2D eigenvalue weighted by atomic mass is 10.1. The number of aliphatic hydroxyl groups excluding tert-OH is 1. The molecule has 0 spiro atoms. The van der Waals surface area contributed by atoms with Gasteiger partial charge in [0.1, 0.15) is 24.1 Å². The van der Waals surface area contributed by atoms with Gasteiger partial charge in [-0.3, -0.25) is 9.08 Å². The molecule has 1 N–H and O–H groups in total. The van der Waals surface area contributed by atoms with Crippen molar-refractivity contribution in [3.05, 3.63) is 89.5 Å². The van der Waals surface area contributed by atoms with E-state index in [0.717, 1.165) is 22.4 Å². The molecule has 1 amide bonds. The van der Waals surface area contributed by atoms with Gasteiger partial charge in [0.25, 0.3) is 10.1 Å². The van der Waals surface area contributed by atoms with E-state index in [1.165, 1.54) is 17.0 Å². The number of nitrogens with zero attached hydrogens (tertiary/aromatic N) is 1. The average Bonchev–Trinajstić information content (AvgIpc) is 2.89. The zero-order chi connectivity index (χ0) is 28.6. The van der Waals surface area contributed by atoms with Crippen molar-refractivity contribution in [2.24, 2.45) is 0 Å². The van der Waals surface area contributed by atoms with Gasteiger partial charge >= 0.3 is 6.09 Å². The highest BCUT2D eigenvalue weighted by Crippen LogP contribution is 2.20. The molecule has 3 aromatic carbocycles. The highest BCUT2D eigenvalue weighted by Gasteiger charge is 2.21. The number of aliphatic hydroxyl groups is 1. The topological polar surface area (TPSA) is 102 Å². The second kappa shape index (κ2) is 12.9. The highest BCUT2D eigenvalue weighted by atomic mass is 32.2. The van der Waals surface area contributed by atoms with E-state index >= 15 is 0 Å². The second-order valence-electron chi connectivity index (χ2n) is 10.0. The number of ether oxygens (including phenoxy) is 2. The standard InChI is InChI=1S/C30H35NO7S/c1-22-6-18-28(19-7-22)39(34,35)36-21-27(20-32)37-26-16-12-24(13-17-26)9-8-23-10-14-25(15-11-23)31(5)29(33)38-30(2,3)4/h6-19,27,32H,20-21H2,1-5H3/b9-8+. The third-order valence-corrected chi connectivity index (χ3v) is 6.82. The first-order valence-electron chi connectivity index (χ1n) is 12.4. The summed E-state index contributed by atoms with van der Waals surface area (Å²) in [7, 11) is -2.29. The third-order valence-electron chi connectivity index (χ3n) is 5.52. The van der Waals surface area contributed by atoms with Crippen molar-refractivity contribution in [1.29, 1.82) is 0 Å². The maximum absolute atomic E-state index is 12.4. The number of carbonyl (C=O) groups is 1. The summed E-state index contributed by atoms with van der Waals surface area (Å²) in [6.45, 7) is 6.60. The van der Waals surface area contributed by atoms with Crippen LogP contribution >= 0.6 is 0 Å². The Kier molecular flexibility index (Phi) is 9.91.